The highest BCUT2D eigenvalue weighted by Gasteiger charge is 2.26. The Morgan fingerprint density at radius 1 is 1.25 bits per heavy atom. The summed E-state index contributed by atoms with van der Waals surface area (Å²) in [4.78, 5) is 42.5. The van der Waals surface area contributed by atoms with E-state index >= 15 is 0 Å². The number of benzene rings is 1. The number of halogens is 2. The third-order valence-corrected chi connectivity index (χ3v) is 6.04. The quantitative estimate of drug-likeness (QED) is 0.392. The van der Waals surface area contributed by atoms with Crippen molar-refractivity contribution in [2.75, 3.05) is 32.8 Å². The van der Waals surface area contributed by atoms with E-state index in [4.69, 9.17) is 4.74 Å². The van der Waals surface area contributed by atoms with Crippen molar-refractivity contribution in [3.05, 3.63) is 36.0 Å². The summed E-state index contributed by atoms with van der Waals surface area (Å²) in [7, 11) is 0. The van der Waals surface area contributed by atoms with Crippen molar-refractivity contribution in [3.8, 4) is 5.75 Å². The lowest BCUT2D eigenvalue weighted by Crippen LogP contribution is -2.39. The second-order valence-corrected chi connectivity index (χ2v) is 8.60. The number of nitrogens with zero attached hydrogens (tertiary/aromatic N) is 2. The van der Waals surface area contributed by atoms with Crippen molar-refractivity contribution >= 4 is 28.6 Å². The summed E-state index contributed by atoms with van der Waals surface area (Å²) in [6.07, 6.45) is 3.29. The van der Waals surface area contributed by atoms with Crippen molar-refractivity contribution in [2.45, 2.75) is 45.7 Å². The van der Waals surface area contributed by atoms with Gasteiger partial charge in [0.05, 0.1) is 30.8 Å². The van der Waals surface area contributed by atoms with Gasteiger partial charge in [-0.05, 0) is 49.9 Å². The zero-order chi connectivity index (χ0) is 24.5. The second kappa shape index (κ2) is 14.9. The molecule has 1 aliphatic rings. The Bertz CT molecular complexity index is 1030. The van der Waals surface area contributed by atoms with Crippen LogP contribution in [0.15, 0.2) is 30.5 Å². The molecule has 0 radical (unpaired) electrons. The topological polar surface area (TPSA) is 136 Å². The monoisotopic (exact) mass is 513 g/mol. The molecular formula is C25H41F2N5O4. The molecule has 11 heteroatoms. The summed E-state index contributed by atoms with van der Waals surface area (Å²) in [5, 5.41) is 6.18. The van der Waals surface area contributed by atoms with E-state index in [0.29, 0.717) is 48.3 Å². The number of carbonyl (C=O) groups excluding carboxylic acids is 3. The fourth-order valence-electron chi connectivity index (χ4n) is 3.71. The van der Waals surface area contributed by atoms with Gasteiger partial charge in [0.2, 0.25) is 11.8 Å². The van der Waals surface area contributed by atoms with Crippen LogP contribution in [-0.4, -0.2) is 66.6 Å². The van der Waals surface area contributed by atoms with E-state index in [2.05, 4.69) is 15.6 Å². The standard InChI is InChI=1S/C25H33FN4O4.FH.H3N.2H2/c1-3-17(2)24(32)28-10-4-5-13-34-19-6-7-22-21(14-19)20(8-11-27-22)25(33)29-15-23(31)30-12-9-18(26)16-30;;;;/h6-8,11,14,17-18H,3-5,9-10,12-13,15-16H2,1-2H3,(H,28,32)(H,29,33);1H;1H3;2*1H. The molecule has 2 aromatic rings. The summed E-state index contributed by atoms with van der Waals surface area (Å²) in [5.74, 6) is 0.0159. The molecule has 1 aromatic heterocycles. The summed E-state index contributed by atoms with van der Waals surface area (Å²) in [6.45, 7) is 5.26. The Morgan fingerprint density at radius 2 is 2.03 bits per heavy atom. The highest BCUT2D eigenvalue weighted by Crippen LogP contribution is 2.23. The number of alkyl halides is 1. The predicted molar refractivity (Wildman–Crippen MR) is 139 cm³/mol. The number of ether oxygens (including phenoxy) is 1. The maximum absolute atomic E-state index is 13.3. The molecular weight excluding hydrogens is 472 g/mol. The number of nitrogens with one attached hydrogen (secondary N) is 2. The van der Waals surface area contributed by atoms with Gasteiger partial charge in [0, 0.05) is 33.4 Å². The maximum Gasteiger partial charge on any atom is 0.252 e. The van der Waals surface area contributed by atoms with Crippen LogP contribution in [0.3, 0.4) is 0 Å². The minimum atomic E-state index is -0.995. The van der Waals surface area contributed by atoms with Gasteiger partial charge in [-0.1, -0.05) is 13.8 Å². The van der Waals surface area contributed by atoms with Crippen molar-refractivity contribution < 1.29 is 31.1 Å². The Kier molecular flexibility index (Phi) is 12.7. The molecule has 1 saturated heterocycles. The zero-order valence-electron chi connectivity index (χ0n) is 20.9. The molecule has 5 N–H and O–H groups in total. The van der Waals surface area contributed by atoms with E-state index in [0.717, 1.165) is 19.3 Å². The molecule has 0 spiro atoms. The molecule has 1 aromatic carbocycles. The van der Waals surface area contributed by atoms with Gasteiger partial charge in [-0.2, -0.15) is 0 Å². The molecule has 0 bridgehead atoms. The number of carbonyl (C=O) groups is 3. The second-order valence-electron chi connectivity index (χ2n) is 8.60. The number of hydrogen-bond donors (Lipinski definition) is 3. The smallest absolute Gasteiger partial charge is 0.252 e. The molecule has 0 saturated carbocycles. The summed E-state index contributed by atoms with van der Waals surface area (Å²) in [5.41, 5.74) is 1.03. The van der Waals surface area contributed by atoms with Crippen molar-refractivity contribution in [1.82, 2.24) is 26.7 Å². The van der Waals surface area contributed by atoms with Crippen LogP contribution in [-0.2, 0) is 9.59 Å². The molecule has 204 valence electrons. The zero-order valence-corrected chi connectivity index (χ0v) is 20.9. The minimum Gasteiger partial charge on any atom is -0.494 e. The SMILES string of the molecule is CCC(C)C(=O)NCCCCOc1ccc2nccc(C(=O)NCC(=O)N3CCC(F)C3)c2c1.F.N.[HH].[HH]. The molecule has 9 nitrogen and oxygen atoms in total. The van der Waals surface area contributed by atoms with Crippen LogP contribution in [0.4, 0.5) is 9.09 Å². The Labute approximate surface area is 213 Å². The Hall–Kier alpha value is -3.34. The van der Waals surface area contributed by atoms with E-state index in [-0.39, 0.29) is 44.5 Å². The average Bonchev–Trinajstić information content (AvgIpc) is 3.29. The van der Waals surface area contributed by atoms with Gasteiger partial charge in [-0.3, -0.25) is 24.1 Å². The van der Waals surface area contributed by atoms with Crippen LogP contribution < -0.4 is 21.5 Å². The maximum atomic E-state index is 13.3. The van der Waals surface area contributed by atoms with Gasteiger partial charge < -0.3 is 26.4 Å². The predicted octanol–water partition coefficient (Wildman–Crippen LogP) is 3.66. The normalized spacial score (nSPS) is 15.4. The number of fused-ring (bicyclic) bond motifs is 1. The average molecular weight is 514 g/mol. The number of aromatic nitrogens is 1. The largest absolute Gasteiger partial charge is 0.494 e. The molecule has 2 unspecified atom stereocenters. The van der Waals surface area contributed by atoms with Crippen LogP contribution in [0.25, 0.3) is 10.9 Å². The molecule has 36 heavy (non-hydrogen) atoms. The first-order chi connectivity index (χ1) is 16.4. The van der Waals surface area contributed by atoms with Crippen LogP contribution in [0.2, 0.25) is 0 Å². The first-order valence-electron chi connectivity index (χ1n) is 11.9. The highest BCUT2D eigenvalue weighted by atomic mass is 19.1. The van der Waals surface area contributed by atoms with Gasteiger partial charge in [-0.15, -0.1) is 0 Å². The molecule has 2 heterocycles. The Balaban J connectivity index is 0. The van der Waals surface area contributed by atoms with E-state index in [9.17, 15) is 18.8 Å². The lowest BCUT2D eigenvalue weighted by molar-refractivity contribution is -0.129. The minimum absolute atomic E-state index is 0. The van der Waals surface area contributed by atoms with E-state index in [1.165, 1.54) is 4.90 Å². The van der Waals surface area contributed by atoms with Crippen molar-refractivity contribution in [1.29, 1.82) is 0 Å². The van der Waals surface area contributed by atoms with Crippen molar-refractivity contribution in [2.24, 2.45) is 5.92 Å². The first kappa shape index (κ1) is 30.7. The van der Waals surface area contributed by atoms with Gasteiger partial charge in [0.1, 0.15) is 11.9 Å². The molecule has 3 amide bonds. The van der Waals surface area contributed by atoms with E-state index < -0.39 is 12.1 Å². The first-order valence-corrected chi connectivity index (χ1v) is 11.9. The number of likely N-dealkylation sites (tertiary alicyclic amines) is 1. The van der Waals surface area contributed by atoms with Crippen molar-refractivity contribution in [3.63, 3.8) is 0 Å². The summed E-state index contributed by atoms with van der Waals surface area (Å²) >= 11 is 0. The van der Waals surface area contributed by atoms with Gasteiger partial charge >= 0.3 is 0 Å². The highest BCUT2D eigenvalue weighted by molar-refractivity contribution is 6.07. The van der Waals surface area contributed by atoms with Gasteiger partial charge in [0.25, 0.3) is 5.91 Å². The van der Waals surface area contributed by atoms with Gasteiger partial charge in [0.15, 0.2) is 0 Å². The lowest BCUT2D eigenvalue weighted by atomic mass is 10.1. The third kappa shape index (κ3) is 8.40. The van der Waals surface area contributed by atoms with Crippen LogP contribution in [0.5, 0.6) is 5.75 Å². The molecule has 1 aliphatic heterocycles. The Morgan fingerprint density at radius 3 is 2.72 bits per heavy atom. The summed E-state index contributed by atoms with van der Waals surface area (Å²) < 4.78 is 19.1. The van der Waals surface area contributed by atoms with Crippen LogP contribution >= 0.6 is 0 Å². The number of pyridine rings is 1. The van der Waals surface area contributed by atoms with Crippen LogP contribution in [0.1, 0.15) is 52.7 Å². The third-order valence-electron chi connectivity index (χ3n) is 6.04. The number of rotatable bonds is 11. The molecule has 1 fully saturated rings. The molecule has 0 aliphatic carbocycles. The number of amides is 3. The fourth-order valence-corrected chi connectivity index (χ4v) is 3.71. The lowest BCUT2D eigenvalue weighted by Gasteiger charge is -2.16. The number of unbranched alkanes of at least 4 members (excludes halogenated alkanes) is 1. The molecule has 3 rings (SSSR count). The van der Waals surface area contributed by atoms with E-state index in [1.54, 1.807) is 30.5 Å². The number of hydrogen-bond acceptors (Lipinski definition) is 6. The van der Waals surface area contributed by atoms with Gasteiger partial charge in [-0.25, -0.2) is 4.39 Å². The molecule has 2 atom stereocenters. The van der Waals surface area contributed by atoms with E-state index in [1.807, 2.05) is 13.8 Å². The van der Waals surface area contributed by atoms with Crippen LogP contribution in [0, 0.1) is 5.92 Å². The summed E-state index contributed by atoms with van der Waals surface area (Å²) in [6, 6.07) is 6.94. The fraction of sp³-hybridized carbons (Fsp3) is 0.520.